The fourth-order valence-electron chi connectivity index (χ4n) is 2.16. The molecule has 1 amide bonds. The van der Waals surface area contributed by atoms with E-state index < -0.39 is 0 Å². The van der Waals surface area contributed by atoms with E-state index in [1.165, 1.54) is 12.8 Å². The van der Waals surface area contributed by atoms with Crippen molar-refractivity contribution in [3.05, 3.63) is 0 Å². The van der Waals surface area contributed by atoms with Crippen LogP contribution in [0.5, 0.6) is 0 Å². The highest BCUT2D eigenvalue weighted by Gasteiger charge is 2.27. The van der Waals surface area contributed by atoms with Gasteiger partial charge in [0.25, 0.3) is 0 Å². The molecule has 0 saturated heterocycles. The van der Waals surface area contributed by atoms with Gasteiger partial charge in [-0.1, -0.05) is 47.5 Å². The minimum Gasteiger partial charge on any atom is -0.373 e. The van der Waals surface area contributed by atoms with Crippen molar-refractivity contribution in [2.24, 2.45) is 5.92 Å². The first-order valence-corrected chi connectivity index (χ1v) is 8.40. The van der Waals surface area contributed by atoms with E-state index in [1.54, 1.807) is 0 Å². The van der Waals surface area contributed by atoms with Crippen LogP contribution in [0.2, 0.25) is 0 Å². The highest BCUT2D eigenvalue weighted by molar-refractivity contribution is 5.75. The number of hydrogen-bond acceptors (Lipinski definition) is 2. The maximum Gasteiger partial charge on any atom is 0.220 e. The first kappa shape index (κ1) is 19.4. The number of carbonyl (C=O) groups is 1. The van der Waals surface area contributed by atoms with Gasteiger partial charge < -0.3 is 10.1 Å². The molecule has 0 unspecified atom stereocenters. The number of hydrogen-bond donors (Lipinski definition) is 1. The molecule has 1 N–H and O–H groups in total. The van der Waals surface area contributed by atoms with Gasteiger partial charge in [0.2, 0.25) is 5.91 Å². The zero-order chi connectivity index (χ0) is 15.4. The van der Waals surface area contributed by atoms with Gasteiger partial charge in [-0.2, -0.15) is 0 Å². The molecule has 0 radical (unpaired) electrons. The van der Waals surface area contributed by atoms with E-state index in [-0.39, 0.29) is 11.5 Å². The second kappa shape index (κ2) is 11.1. The summed E-state index contributed by atoms with van der Waals surface area (Å²) in [6.07, 6.45) is 7.00. The molecule has 120 valence electrons. The quantitative estimate of drug-likeness (QED) is 0.543. The molecule has 3 nitrogen and oxygen atoms in total. The van der Waals surface area contributed by atoms with Crippen LogP contribution in [0, 0.1) is 5.92 Å². The van der Waals surface area contributed by atoms with Gasteiger partial charge in [-0.05, 0) is 31.6 Å². The first-order valence-electron chi connectivity index (χ1n) is 8.40. The summed E-state index contributed by atoms with van der Waals surface area (Å²) in [6, 6.07) is 0. The zero-order valence-electron chi connectivity index (χ0n) is 14.3. The number of amides is 1. The molecule has 0 heterocycles. The molecule has 20 heavy (non-hydrogen) atoms. The summed E-state index contributed by atoms with van der Waals surface area (Å²) in [5.41, 5.74) is -0.179. The molecule has 0 saturated carbocycles. The Kier molecular flexibility index (Phi) is 10.8. The van der Waals surface area contributed by atoms with Crippen molar-refractivity contribution in [2.45, 2.75) is 85.2 Å². The lowest BCUT2D eigenvalue weighted by Crippen LogP contribution is -2.44. The molecule has 0 rings (SSSR count). The van der Waals surface area contributed by atoms with E-state index >= 15 is 0 Å². The van der Waals surface area contributed by atoms with E-state index in [0.29, 0.717) is 18.9 Å². The van der Waals surface area contributed by atoms with E-state index in [9.17, 15) is 4.79 Å². The zero-order valence-corrected chi connectivity index (χ0v) is 14.3. The fourth-order valence-corrected chi connectivity index (χ4v) is 2.16. The number of rotatable bonds is 12. The number of nitrogens with one attached hydrogen (secondary N) is 1. The lowest BCUT2D eigenvalue weighted by Gasteiger charge is -2.32. The third-order valence-corrected chi connectivity index (χ3v) is 4.00. The Morgan fingerprint density at radius 3 is 2.30 bits per heavy atom. The summed E-state index contributed by atoms with van der Waals surface area (Å²) < 4.78 is 6.09. The summed E-state index contributed by atoms with van der Waals surface area (Å²) >= 11 is 0. The van der Waals surface area contributed by atoms with Crippen molar-refractivity contribution < 1.29 is 9.53 Å². The average Bonchev–Trinajstić information content (AvgIpc) is 2.45. The largest absolute Gasteiger partial charge is 0.373 e. The Hall–Kier alpha value is -0.570. The molecule has 0 aliphatic heterocycles. The fraction of sp³-hybridized carbons (Fsp3) is 0.941. The molecule has 3 heteroatoms. The Morgan fingerprint density at radius 2 is 1.80 bits per heavy atom. The molecule has 0 aromatic carbocycles. The molecule has 0 fully saturated rings. The molecular formula is C17H35NO2. The van der Waals surface area contributed by atoms with Crippen molar-refractivity contribution in [1.82, 2.24) is 5.32 Å². The van der Waals surface area contributed by atoms with Crippen LogP contribution in [0.25, 0.3) is 0 Å². The molecule has 0 spiro atoms. The second-order valence-corrected chi connectivity index (χ2v) is 6.15. The van der Waals surface area contributed by atoms with Crippen LogP contribution in [0.1, 0.15) is 79.6 Å². The maximum absolute atomic E-state index is 11.8. The van der Waals surface area contributed by atoms with Crippen LogP contribution in [0.4, 0.5) is 0 Å². The SMILES string of the molecule is CCCCCOC(CC)(CC)CNC(=O)CCC(C)C. The highest BCUT2D eigenvalue weighted by atomic mass is 16.5. The lowest BCUT2D eigenvalue weighted by molar-refractivity contribution is -0.123. The summed E-state index contributed by atoms with van der Waals surface area (Å²) in [5.74, 6) is 0.732. The van der Waals surface area contributed by atoms with E-state index in [4.69, 9.17) is 4.74 Å². The summed E-state index contributed by atoms with van der Waals surface area (Å²) in [5, 5.41) is 3.06. The molecule has 0 bridgehead atoms. The predicted octanol–water partition coefficient (Wildman–Crippen LogP) is 4.30. The van der Waals surface area contributed by atoms with Crippen molar-refractivity contribution in [3.63, 3.8) is 0 Å². The number of carbonyl (C=O) groups excluding carboxylic acids is 1. The molecule has 0 aliphatic carbocycles. The molecule has 0 atom stereocenters. The van der Waals surface area contributed by atoms with Crippen molar-refractivity contribution in [3.8, 4) is 0 Å². The van der Waals surface area contributed by atoms with Gasteiger partial charge in [0.1, 0.15) is 0 Å². The van der Waals surface area contributed by atoms with E-state index in [0.717, 1.165) is 32.3 Å². The van der Waals surface area contributed by atoms with Crippen LogP contribution in [0.15, 0.2) is 0 Å². The molecular weight excluding hydrogens is 250 g/mol. The average molecular weight is 285 g/mol. The van der Waals surface area contributed by atoms with Crippen molar-refractivity contribution in [2.75, 3.05) is 13.2 Å². The van der Waals surface area contributed by atoms with Gasteiger partial charge in [0.15, 0.2) is 0 Å². The highest BCUT2D eigenvalue weighted by Crippen LogP contribution is 2.20. The van der Waals surface area contributed by atoms with E-state index in [2.05, 4.69) is 39.9 Å². The third-order valence-electron chi connectivity index (χ3n) is 4.00. The normalized spacial score (nSPS) is 11.9. The predicted molar refractivity (Wildman–Crippen MR) is 85.9 cm³/mol. The molecule has 0 aromatic rings. The summed E-state index contributed by atoms with van der Waals surface area (Å²) in [6.45, 7) is 12.2. The Labute approximate surface area is 125 Å². The molecule has 0 aromatic heterocycles. The van der Waals surface area contributed by atoms with Crippen molar-refractivity contribution in [1.29, 1.82) is 0 Å². The van der Waals surface area contributed by atoms with Gasteiger partial charge in [-0.15, -0.1) is 0 Å². The smallest absolute Gasteiger partial charge is 0.220 e. The van der Waals surface area contributed by atoms with Gasteiger partial charge >= 0.3 is 0 Å². The van der Waals surface area contributed by atoms with Gasteiger partial charge in [-0.3, -0.25) is 4.79 Å². The van der Waals surface area contributed by atoms with Crippen LogP contribution >= 0.6 is 0 Å². The number of unbranched alkanes of at least 4 members (excludes halogenated alkanes) is 2. The monoisotopic (exact) mass is 285 g/mol. The van der Waals surface area contributed by atoms with Gasteiger partial charge in [0.05, 0.1) is 5.60 Å². The van der Waals surface area contributed by atoms with E-state index in [1.807, 2.05) is 0 Å². The van der Waals surface area contributed by atoms with Crippen LogP contribution in [0.3, 0.4) is 0 Å². The lowest BCUT2D eigenvalue weighted by atomic mass is 9.96. The Balaban J connectivity index is 4.13. The van der Waals surface area contributed by atoms with Gasteiger partial charge in [-0.25, -0.2) is 0 Å². The molecule has 0 aliphatic rings. The van der Waals surface area contributed by atoms with Crippen molar-refractivity contribution >= 4 is 5.91 Å². The second-order valence-electron chi connectivity index (χ2n) is 6.15. The first-order chi connectivity index (χ1) is 9.49. The van der Waals surface area contributed by atoms with Crippen LogP contribution in [-0.4, -0.2) is 24.7 Å². The third kappa shape index (κ3) is 8.57. The van der Waals surface area contributed by atoms with Crippen LogP contribution < -0.4 is 5.32 Å². The number of ether oxygens (including phenoxy) is 1. The van der Waals surface area contributed by atoms with Crippen LogP contribution in [-0.2, 0) is 9.53 Å². The minimum atomic E-state index is -0.179. The standard InChI is InChI=1S/C17H35NO2/c1-6-9-10-13-20-17(7-2,8-3)14-18-16(19)12-11-15(4)5/h15H,6-14H2,1-5H3,(H,18,19). The summed E-state index contributed by atoms with van der Waals surface area (Å²) in [7, 11) is 0. The maximum atomic E-state index is 11.8. The summed E-state index contributed by atoms with van der Waals surface area (Å²) in [4.78, 5) is 11.8. The topological polar surface area (TPSA) is 38.3 Å². The minimum absolute atomic E-state index is 0.155. The Morgan fingerprint density at radius 1 is 1.15 bits per heavy atom. The van der Waals surface area contributed by atoms with Gasteiger partial charge in [0, 0.05) is 19.6 Å². The Bertz CT molecular complexity index is 247.